The first kappa shape index (κ1) is 20.2. The molecule has 0 N–H and O–H groups in total. The van der Waals surface area contributed by atoms with E-state index in [0.717, 1.165) is 38.7 Å². The van der Waals surface area contributed by atoms with Crippen molar-refractivity contribution in [1.82, 2.24) is 22.9 Å². The Hall–Kier alpha value is -2.52. The third-order valence-corrected chi connectivity index (χ3v) is 7.18. The molecule has 150 valence electrons. The molecule has 0 bridgehead atoms. The number of hydrogen-bond donors (Lipinski definition) is 0. The van der Waals surface area contributed by atoms with Crippen LogP contribution in [0.2, 0.25) is 0 Å². The highest BCUT2D eigenvalue weighted by atomic mass is 32.2. The fourth-order valence-corrected chi connectivity index (χ4v) is 4.36. The predicted octanol–water partition coefficient (Wildman–Crippen LogP) is 2.27. The van der Waals surface area contributed by atoms with Crippen LogP contribution >= 0.6 is 0 Å². The lowest BCUT2D eigenvalue weighted by Gasteiger charge is -2.14. The van der Waals surface area contributed by atoms with Crippen molar-refractivity contribution in [2.45, 2.75) is 41.5 Å². The Kier molecular flexibility index (Phi) is 4.71. The molecule has 0 amide bonds. The predicted molar refractivity (Wildman–Crippen MR) is 107 cm³/mol. The lowest BCUT2D eigenvalue weighted by atomic mass is 10.0. The molecule has 0 aliphatic heterocycles. The zero-order valence-corrected chi connectivity index (χ0v) is 18.3. The molecule has 0 unspecified atom stereocenters. The summed E-state index contributed by atoms with van der Waals surface area (Å²) in [4.78, 5) is 17.2. The van der Waals surface area contributed by atoms with Gasteiger partial charge >= 0.3 is 10.2 Å². The van der Waals surface area contributed by atoms with Gasteiger partial charge in [-0.2, -0.15) is 12.7 Å². The van der Waals surface area contributed by atoms with E-state index in [9.17, 15) is 13.2 Å². The summed E-state index contributed by atoms with van der Waals surface area (Å²) in [5, 5.41) is 3.93. The second kappa shape index (κ2) is 6.52. The Labute approximate surface area is 165 Å². The van der Waals surface area contributed by atoms with Gasteiger partial charge in [0.15, 0.2) is 0 Å². The van der Waals surface area contributed by atoms with E-state index in [0.29, 0.717) is 9.65 Å². The van der Waals surface area contributed by atoms with Crippen LogP contribution in [0.15, 0.2) is 6.33 Å². The molecule has 3 aromatic heterocycles. The molecular weight excluding hydrogens is 378 g/mol. The van der Waals surface area contributed by atoms with Gasteiger partial charge in [0.1, 0.15) is 6.33 Å². The number of hydrogen-bond acceptors (Lipinski definition) is 5. The maximum atomic E-state index is 13.2. The molecule has 0 saturated carbocycles. The van der Waals surface area contributed by atoms with E-state index in [1.54, 1.807) is 0 Å². The van der Waals surface area contributed by atoms with Crippen molar-refractivity contribution in [3.05, 3.63) is 51.4 Å². The van der Waals surface area contributed by atoms with Gasteiger partial charge in [0.05, 0.1) is 11.1 Å². The molecule has 8 nitrogen and oxygen atoms in total. The topological polar surface area (TPSA) is 89.6 Å². The lowest BCUT2D eigenvalue weighted by Crippen LogP contribution is -2.29. The Morgan fingerprint density at radius 2 is 1.54 bits per heavy atom. The maximum absolute atomic E-state index is 13.2. The number of nitrogens with zero attached hydrogens (tertiary/aromatic N) is 5. The number of carbonyl (C=O) groups excluding carboxylic acids is 1. The SMILES string of the molecule is Cc1c(C)c(C)n2c(C)c(C(=O)c3ncn(S(=O)(=O)N(C)C)n3)c(C)c2c1C. The molecule has 3 aromatic rings. The van der Waals surface area contributed by atoms with E-state index >= 15 is 0 Å². The fourth-order valence-electron chi connectivity index (χ4n) is 3.68. The van der Waals surface area contributed by atoms with Crippen molar-refractivity contribution in [1.29, 1.82) is 0 Å². The molecule has 0 spiro atoms. The molecule has 3 rings (SSSR count). The van der Waals surface area contributed by atoms with Gasteiger partial charge in [-0.25, -0.2) is 4.98 Å². The van der Waals surface area contributed by atoms with Crippen molar-refractivity contribution in [3.63, 3.8) is 0 Å². The Bertz CT molecular complexity index is 1180. The van der Waals surface area contributed by atoms with Gasteiger partial charge in [0.25, 0.3) is 0 Å². The van der Waals surface area contributed by atoms with Crippen LogP contribution in [0, 0.1) is 41.5 Å². The standard InChI is InChI=1S/C19H25N5O3S/c1-10-11(2)14(5)24-15(6)16(13(4)17(24)12(10)3)18(25)19-20-9-23(21-19)28(26,27)22(7)8/h9H,1-8H3. The second-order valence-corrected chi connectivity index (χ2v) is 9.29. The number of aryl methyl sites for hydroxylation is 4. The number of ketones is 1. The minimum absolute atomic E-state index is 0.142. The first-order valence-electron chi connectivity index (χ1n) is 8.88. The summed E-state index contributed by atoms with van der Waals surface area (Å²) in [6.07, 6.45) is 1.05. The van der Waals surface area contributed by atoms with Crippen LogP contribution in [0.1, 0.15) is 49.8 Å². The Morgan fingerprint density at radius 3 is 2.11 bits per heavy atom. The fraction of sp³-hybridized carbons (Fsp3) is 0.421. The van der Waals surface area contributed by atoms with Crippen LogP contribution in [0.4, 0.5) is 0 Å². The lowest BCUT2D eigenvalue weighted by molar-refractivity contribution is 0.102. The second-order valence-electron chi connectivity index (χ2n) is 7.29. The molecule has 28 heavy (non-hydrogen) atoms. The van der Waals surface area contributed by atoms with Crippen molar-refractivity contribution in [2.24, 2.45) is 0 Å². The van der Waals surface area contributed by atoms with Crippen molar-refractivity contribution in [2.75, 3.05) is 14.1 Å². The number of aromatic nitrogens is 4. The normalized spacial score (nSPS) is 12.3. The molecule has 0 atom stereocenters. The van der Waals surface area contributed by atoms with E-state index in [4.69, 9.17) is 0 Å². The Balaban J connectivity index is 2.23. The molecule has 0 aliphatic carbocycles. The first-order chi connectivity index (χ1) is 12.9. The van der Waals surface area contributed by atoms with Crippen molar-refractivity contribution in [3.8, 4) is 0 Å². The first-order valence-corrected chi connectivity index (χ1v) is 10.3. The number of carbonyl (C=O) groups is 1. The molecule has 0 fully saturated rings. The van der Waals surface area contributed by atoms with Gasteiger partial charge in [0, 0.05) is 25.5 Å². The molecule has 0 aromatic carbocycles. The molecule has 0 saturated heterocycles. The number of pyridine rings is 1. The summed E-state index contributed by atoms with van der Waals surface area (Å²) in [5.74, 6) is -0.531. The van der Waals surface area contributed by atoms with E-state index in [-0.39, 0.29) is 11.6 Å². The van der Waals surface area contributed by atoms with Gasteiger partial charge in [-0.1, -0.05) is 0 Å². The Morgan fingerprint density at radius 1 is 0.929 bits per heavy atom. The quantitative estimate of drug-likeness (QED) is 0.624. The van der Waals surface area contributed by atoms with Gasteiger partial charge in [-0.3, -0.25) is 4.79 Å². The van der Waals surface area contributed by atoms with Crippen molar-refractivity contribution >= 4 is 21.5 Å². The zero-order valence-electron chi connectivity index (χ0n) is 17.4. The van der Waals surface area contributed by atoms with Gasteiger partial charge < -0.3 is 4.40 Å². The highest BCUT2D eigenvalue weighted by Crippen LogP contribution is 2.31. The molecule has 3 heterocycles. The summed E-state index contributed by atoms with van der Waals surface area (Å²) in [5.41, 5.74) is 7.73. The van der Waals surface area contributed by atoms with Gasteiger partial charge in [-0.15, -0.1) is 9.19 Å². The summed E-state index contributed by atoms with van der Waals surface area (Å²) in [6.45, 7) is 12.0. The van der Waals surface area contributed by atoms with Crippen LogP contribution in [0.5, 0.6) is 0 Å². The van der Waals surface area contributed by atoms with Crippen molar-refractivity contribution < 1.29 is 13.2 Å². The molecule has 9 heteroatoms. The zero-order chi connectivity index (χ0) is 21.1. The largest absolute Gasteiger partial charge is 0.323 e. The minimum Gasteiger partial charge on any atom is -0.317 e. The number of fused-ring (bicyclic) bond motifs is 1. The highest BCUT2D eigenvalue weighted by molar-refractivity contribution is 7.87. The van der Waals surface area contributed by atoms with Gasteiger partial charge in [0.2, 0.25) is 11.6 Å². The average molecular weight is 404 g/mol. The highest BCUT2D eigenvalue weighted by Gasteiger charge is 2.27. The molecular formula is C19H25N5O3S. The molecule has 0 radical (unpaired) electrons. The van der Waals surface area contributed by atoms with E-state index in [1.807, 2.05) is 20.8 Å². The summed E-state index contributed by atoms with van der Waals surface area (Å²) in [6, 6.07) is 0. The minimum atomic E-state index is -3.82. The third-order valence-electron chi connectivity index (χ3n) is 5.61. The molecule has 0 aliphatic rings. The summed E-state index contributed by atoms with van der Waals surface area (Å²) < 4.78 is 28.2. The summed E-state index contributed by atoms with van der Waals surface area (Å²) >= 11 is 0. The van der Waals surface area contributed by atoms with Crippen LogP contribution in [-0.4, -0.2) is 51.2 Å². The van der Waals surface area contributed by atoms with Crippen LogP contribution < -0.4 is 0 Å². The van der Waals surface area contributed by atoms with E-state index < -0.39 is 10.2 Å². The van der Waals surface area contributed by atoms with Crippen LogP contribution in [0.3, 0.4) is 0 Å². The van der Waals surface area contributed by atoms with E-state index in [2.05, 4.69) is 35.3 Å². The monoisotopic (exact) mass is 403 g/mol. The number of rotatable bonds is 4. The maximum Gasteiger partial charge on any atom is 0.323 e. The van der Waals surface area contributed by atoms with Crippen LogP contribution in [-0.2, 0) is 10.2 Å². The average Bonchev–Trinajstić information content (AvgIpc) is 3.21. The van der Waals surface area contributed by atoms with Crippen LogP contribution in [0.25, 0.3) is 5.52 Å². The third kappa shape index (κ3) is 2.68. The summed E-state index contributed by atoms with van der Waals surface area (Å²) in [7, 11) is -1.04. The van der Waals surface area contributed by atoms with E-state index in [1.165, 1.54) is 25.2 Å². The van der Waals surface area contributed by atoms with Gasteiger partial charge in [-0.05, 0) is 63.8 Å². The smallest absolute Gasteiger partial charge is 0.317 e.